The Bertz CT molecular complexity index is 560. The Morgan fingerprint density at radius 1 is 1.39 bits per heavy atom. The van der Waals surface area contributed by atoms with Crippen LogP contribution in [0.1, 0.15) is 5.56 Å². The van der Waals surface area contributed by atoms with Crippen molar-refractivity contribution in [3.8, 4) is 0 Å². The van der Waals surface area contributed by atoms with Crippen molar-refractivity contribution in [3.05, 3.63) is 51.6 Å². The lowest BCUT2D eigenvalue weighted by Gasteiger charge is -2.20. The first-order valence-corrected chi connectivity index (χ1v) is 6.60. The van der Waals surface area contributed by atoms with Gasteiger partial charge in [0.1, 0.15) is 5.82 Å². The molecule has 5 heteroatoms. The number of hydrogen-bond acceptors (Lipinski definition) is 3. The van der Waals surface area contributed by atoms with E-state index in [9.17, 15) is 0 Å². The number of aromatic nitrogens is 1. The Morgan fingerprint density at radius 2 is 2.11 bits per heavy atom. The maximum atomic E-state index is 6.16. The summed E-state index contributed by atoms with van der Waals surface area (Å²) in [5, 5.41) is 0.612. The van der Waals surface area contributed by atoms with E-state index >= 15 is 0 Å². The zero-order valence-electron chi connectivity index (χ0n) is 9.90. The van der Waals surface area contributed by atoms with E-state index in [-0.39, 0.29) is 0 Å². The van der Waals surface area contributed by atoms with Crippen LogP contribution in [-0.4, -0.2) is 12.0 Å². The number of hydrogen-bond donors (Lipinski definition) is 1. The van der Waals surface area contributed by atoms with E-state index in [1.807, 2.05) is 42.3 Å². The minimum atomic E-state index is 0.612. The Kier molecular flexibility index (Phi) is 4.09. The summed E-state index contributed by atoms with van der Waals surface area (Å²) in [4.78, 5) is 6.28. The van der Waals surface area contributed by atoms with Gasteiger partial charge in [-0.05, 0) is 33.6 Å². The lowest BCUT2D eigenvalue weighted by Crippen LogP contribution is -2.18. The number of para-hydroxylation sites is 1. The van der Waals surface area contributed by atoms with Crippen molar-refractivity contribution < 1.29 is 0 Å². The lowest BCUT2D eigenvalue weighted by atomic mass is 10.2. The number of nitrogens with two attached hydrogens (primary N) is 1. The fourth-order valence-electron chi connectivity index (χ4n) is 1.70. The average molecular weight is 327 g/mol. The first kappa shape index (κ1) is 13.2. The summed E-state index contributed by atoms with van der Waals surface area (Å²) in [6, 6.07) is 9.60. The number of benzene rings is 1. The molecule has 0 saturated heterocycles. The second-order valence-electron chi connectivity index (χ2n) is 4.01. The van der Waals surface area contributed by atoms with Crippen LogP contribution in [-0.2, 0) is 6.54 Å². The number of nitrogens with zero attached hydrogens (tertiary/aromatic N) is 2. The molecule has 3 nitrogen and oxygen atoms in total. The molecule has 0 aliphatic carbocycles. The van der Waals surface area contributed by atoms with Crippen molar-refractivity contribution in [2.75, 3.05) is 17.7 Å². The van der Waals surface area contributed by atoms with Gasteiger partial charge in [0.15, 0.2) is 0 Å². The number of rotatable bonds is 3. The summed E-state index contributed by atoms with van der Waals surface area (Å²) in [6.45, 7) is 0.668. The monoisotopic (exact) mass is 325 g/mol. The highest BCUT2D eigenvalue weighted by molar-refractivity contribution is 9.10. The molecule has 2 rings (SSSR count). The molecule has 0 spiro atoms. The van der Waals surface area contributed by atoms with E-state index in [0.29, 0.717) is 11.6 Å². The van der Waals surface area contributed by atoms with Gasteiger partial charge < -0.3 is 10.6 Å². The molecule has 0 fully saturated rings. The van der Waals surface area contributed by atoms with Crippen molar-refractivity contribution in [1.82, 2.24) is 4.98 Å². The molecule has 2 aromatic rings. The lowest BCUT2D eigenvalue weighted by molar-refractivity contribution is 0.899. The Labute approximate surface area is 120 Å². The van der Waals surface area contributed by atoms with Crippen LogP contribution in [0.5, 0.6) is 0 Å². The summed E-state index contributed by atoms with van der Waals surface area (Å²) in [5.41, 5.74) is 7.75. The number of halogens is 2. The predicted octanol–water partition coefficient (Wildman–Crippen LogP) is 3.72. The van der Waals surface area contributed by atoms with Gasteiger partial charge in [0.05, 0.1) is 5.02 Å². The van der Waals surface area contributed by atoms with Crippen LogP contribution in [0.4, 0.5) is 11.5 Å². The van der Waals surface area contributed by atoms with Crippen molar-refractivity contribution in [3.63, 3.8) is 0 Å². The van der Waals surface area contributed by atoms with Gasteiger partial charge in [0.25, 0.3) is 0 Å². The highest BCUT2D eigenvalue weighted by Crippen LogP contribution is 2.27. The first-order chi connectivity index (χ1) is 8.58. The molecule has 2 N–H and O–H groups in total. The highest BCUT2D eigenvalue weighted by atomic mass is 79.9. The summed E-state index contributed by atoms with van der Waals surface area (Å²) >= 11 is 9.50. The maximum Gasteiger partial charge on any atom is 0.147 e. The average Bonchev–Trinajstić information content (AvgIpc) is 2.32. The largest absolute Gasteiger partial charge is 0.398 e. The van der Waals surface area contributed by atoms with Crippen molar-refractivity contribution in [2.45, 2.75) is 6.54 Å². The minimum absolute atomic E-state index is 0.612. The quantitative estimate of drug-likeness (QED) is 0.874. The Balaban J connectivity index is 2.22. The molecule has 0 amide bonds. The summed E-state index contributed by atoms with van der Waals surface area (Å²) in [7, 11) is 1.94. The van der Waals surface area contributed by atoms with Crippen LogP contribution in [0.3, 0.4) is 0 Å². The zero-order valence-corrected chi connectivity index (χ0v) is 12.2. The second kappa shape index (κ2) is 5.59. The van der Waals surface area contributed by atoms with Gasteiger partial charge in [0.2, 0.25) is 0 Å². The van der Waals surface area contributed by atoms with Gasteiger partial charge in [-0.15, -0.1) is 0 Å². The fourth-order valence-corrected chi connectivity index (χ4v) is 2.47. The summed E-state index contributed by atoms with van der Waals surface area (Å²) < 4.78 is 0.865. The number of pyridine rings is 1. The predicted molar refractivity (Wildman–Crippen MR) is 79.9 cm³/mol. The van der Waals surface area contributed by atoms with Crippen molar-refractivity contribution >= 4 is 39.0 Å². The van der Waals surface area contributed by atoms with E-state index in [4.69, 9.17) is 17.3 Å². The van der Waals surface area contributed by atoms with E-state index in [0.717, 1.165) is 21.5 Å². The van der Waals surface area contributed by atoms with Crippen LogP contribution in [0, 0.1) is 0 Å². The number of nitrogen functional groups attached to an aromatic ring is 1. The third kappa shape index (κ3) is 2.94. The standard InChI is InChI=1S/C13H13BrClN3/c1-18(8-9-4-2-3-5-12(9)16)13-11(15)6-10(14)7-17-13/h2-7H,8,16H2,1H3. The van der Waals surface area contributed by atoms with Gasteiger partial charge >= 0.3 is 0 Å². The summed E-state index contributed by atoms with van der Waals surface area (Å²) in [6.07, 6.45) is 1.73. The normalized spacial score (nSPS) is 10.4. The molecule has 0 saturated carbocycles. The molecule has 18 heavy (non-hydrogen) atoms. The van der Waals surface area contributed by atoms with Crippen molar-refractivity contribution in [1.29, 1.82) is 0 Å². The molecule has 0 atom stereocenters. The zero-order chi connectivity index (χ0) is 13.1. The van der Waals surface area contributed by atoms with Gasteiger partial charge in [0, 0.05) is 29.9 Å². The van der Waals surface area contributed by atoms with Crippen molar-refractivity contribution in [2.24, 2.45) is 0 Å². The van der Waals surface area contributed by atoms with E-state index < -0.39 is 0 Å². The molecule has 0 bridgehead atoms. The highest BCUT2D eigenvalue weighted by Gasteiger charge is 2.10. The molecular formula is C13H13BrClN3. The third-order valence-corrected chi connectivity index (χ3v) is 3.32. The molecule has 1 heterocycles. The Morgan fingerprint density at radius 3 is 2.78 bits per heavy atom. The van der Waals surface area contributed by atoms with Crippen LogP contribution < -0.4 is 10.6 Å². The molecule has 1 aromatic carbocycles. The molecule has 0 aliphatic rings. The van der Waals surface area contributed by atoms with Crippen LogP contribution in [0.15, 0.2) is 41.0 Å². The van der Waals surface area contributed by atoms with Gasteiger partial charge in [-0.2, -0.15) is 0 Å². The van der Waals surface area contributed by atoms with Crippen LogP contribution in [0.2, 0.25) is 5.02 Å². The number of anilines is 2. The topological polar surface area (TPSA) is 42.1 Å². The fraction of sp³-hybridized carbons (Fsp3) is 0.154. The molecule has 0 radical (unpaired) electrons. The maximum absolute atomic E-state index is 6.16. The molecule has 0 unspecified atom stereocenters. The van der Waals surface area contributed by atoms with E-state index in [2.05, 4.69) is 20.9 Å². The van der Waals surface area contributed by atoms with E-state index in [1.165, 1.54) is 0 Å². The molecular weight excluding hydrogens is 314 g/mol. The van der Waals surface area contributed by atoms with Gasteiger partial charge in [-0.1, -0.05) is 29.8 Å². The molecule has 94 valence electrons. The van der Waals surface area contributed by atoms with Crippen LogP contribution in [0.25, 0.3) is 0 Å². The third-order valence-electron chi connectivity index (χ3n) is 2.61. The van der Waals surface area contributed by atoms with E-state index in [1.54, 1.807) is 6.20 Å². The SMILES string of the molecule is CN(Cc1ccccc1N)c1ncc(Br)cc1Cl. The van der Waals surface area contributed by atoms with Crippen LogP contribution >= 0.6 is 27.5 Å². The smallest absolute Gasteiger partial charge is 0.147 e. The molecule has 1 aromatic heterocycles. The van der Waals surface area contributed by atoms with Gasteiger partial charge in [-0.3, -0.25) is 0 Å². The first-order valence-electron chi connectivity index (χ1n) is 5.43. The van der Waals surface area contributed by atoms with Gasteiger partial charge in [-0.25, -0.2) is 4.98 Å². The summed E-state index contributed by atoms with van der Waals surface area (Å²) in [5.74, 6) is 0.739. The second-order valence-corrected chi connectivity index (χ2v) is 5.34. The minimum Gasteiger partial charge on any atom is -0.398 e. The Hall–Kier alpha value is -1.26. The molecule has 0 aliphatic heterocycles.